The molecule has 3 nitrogen and oxygen atoms in total. The number of hydrogen-bond acceptors (Lipinski definition) is 2. The summed E-state index contributed by atoms with van der Waals surface area (Å²) in [4.78, 5) is 14.2. The molecule has 21 heavy (non-hydrogen) atoms. The van der Waals surface area contributed by atoms with Crippen LogP contribution in [0.2, 0.25) is 0 Å². The number of carboxylic acids is 1. The van der Waals surface area contributed by atoms with Crippen molar-refractivity contribution in [1.82, 2.24) is 4.90 Å². The molecule has 1 saturated carbocycles. The number of likely N-dealkylation sites (tertiary alicyclic amines) is 1. The van der Waals surface area contributed by atoms with E-state index in [9.17, 15) is 9.90 Å². The third kappa shape index (κ3) is 3.80. The Morgan fingerprint density at radius 3 is 2.57 bits per heavy atom. The third-order valence-electron chi connectivity index (χ3n) is 6.31. The van der Waals surface area contributed by atoms with E-state index in [1.165, 1.54) is 19.3 Å². The van der Waals surface area contributed by atoms with E-state index in [4.69, 9.17) is 0 Å². The van der Waals surface area contributed by atoms with Crippen LogP contribution in [-0.2, 0) is 4.79 Å². The van der Waals surface area contributed by atoms with Crippen molar-refractivity contribution in [3.63, 3.8) is 0 Å². The topological polar surface area (TPSA) is 40.5 Å². The Labute approximate surface area is 130 Å². The molecule has 2 aliphatic rings. The second-order valence-electron chi connectivity index (χ2n) is 8.11. The van der Waals surface area contributed by atoms with Crippen molar-refractivity contribution in [3.05, 3.63) is 0 Å². The minimum absolute atomic E-state index is 0.154. The van der Waals surface area contributed by atoms with Gasteiger partial charge in [-0.3, -0.25) is 9.69 Å². The SMILES string of the molecule is CCC(C)(C)C1CCC(C(=O)O)C(N2CCCC(C)C2)C1. The van der Waals surface area contributed by atoms with Gasteiger partial charge in [-0.05, 0) is 55.9 Å². The zero-order valence-corrected chi connectivity index (χ0v) is 14.3. The molecule has 0 aromatic carbocycles. The Bertz CT molecular complexity index is 366. The molecule has 1 aliphatic carbocycles. The zero-order valence-electron chi connectivity index (χ0n) is 14.3. The van der Waals surface area contributed by atoms with Gasteiger partial charge in [-0.2, -0.15) is 0 Å². The first-order valence-corrected chi connectivity index (χ1v) is 8.82. The van der Waals surface area contributed by atoms with Gasteiger partial charge in [0.1, 0.15) is 0 Å². The highest BCUT2D eigenvalue weighted by molar-refractivity contribution is 5.71. The van der Waals surface area contributed by atoms with Crippen LogP contribution in [-0.4, -0.2) is 35.1 Å². The van der Waals surface area contributed by atoms with E-state index in [0.717, 1.165) is 32.4 Å². The number of hydrogen-bond donors (Lipinski definition) is 1. The Hall–Kier alpha value is -0.570. The summed E-state index contributed by atoms with van der Waals surface area (Å²) in [5.41, 5.74) is 0.336. The molecule has 0 bridgehead atoms. The van der Waals surface area contributed by atoms with Crippen LogP contribution in [0.15, 0.2) is 0 Å². The van der Waals surface area contributed by atoms with Gasteiger partial charge in [-0.15, -0.1) is 0 Å². The van der Waals surface area contributed by atoms with E-state index in [-0.39, 0.29) is 12.0 Å². The second kappa shape index (κ2) is 6.68. The number of piperidine rings is 1. The van der Waals surface area contributed by atoms with Crippen LogP contribution < -0.4 is 0 Å². The monoisotopic (exact) mass is 295 g/mol. The molecule has 122 valence electrons. The number of rotatable bonds is 4. The smallest absolute Gasteiger partial charge is 0.308 e. The maximum atomic E-state index is 11.7. The molecule has 0 aromatic heterocycles. The molecule has 1 aliphatic heterocycles. The Morgan fingerprint density at radius 1 is 1.29 bits per heavy atom. The first-order valence-electron chi connectivity index (χ1n) is 8.82. The average Bonchev–Trinajstić information content (AvgIpc) is 2.46. The van der Waals surface area contributed by atoms with Crippen molar-refractivity contribution in [2.45, 2.75) is 72.3 Å². The van der Waals surface area contributed by atoms with Crippen LogP contribution in [0.1, 0.15) is 66.2 Å². The Balaban J connectivity index is 2.13. The molecule has 4 unspecified atom stereocenters. The quantitative estimate of drug-likeness (QED) is 0.851. The van der Waals surface area contributed by atoms with E-state index in [0.29, 0.717) is 17.3 Å². The maximum Gasteiger partial charge on any atom is 0.308 e. The molecule has 3 heteroatoms. The summed E-state index contributed by atoms with van der Waals surface area (Å²) in [5.74, 6) is 0.651. The first kappa shape index (κ1) is 16.8. The lowest BCUT2D eigenvalue weighted by molar-refractivity contribution is -0.147. The van der Waals surface area contributed by atoms with Gasteiger partial charge in [0, 0.05) is 12.6 Å². The van der Waals surface area contributed by atoms with Crippen molar-refractivity contribution >= 4 is 5.97 Å². The summed E-state index contributed by atoms with van der Waals surface area (Å²) in [6, 6.07) is 0.259. The van der Waals surface area contributed by atoms with Crippen molar-refractivity contribution in [2.75, 3.05) is 13.1 Å². The highest BCUT2D eigenvalue weighted by Crippen LogP contribution is 2.44. The highest BCUT2D eigenvalue weighted by Gasteiger charge is 2.42. The van der Waals surface area contributed by atoms with Crippen molar-refractivity contribution in [3.8, 4) is 0 Å². The standard InChI is InChI=1S/C18H33NO2/c1-5-18(3,4)14-8-9-15(17(20)21)16(11-14)19-10-6-7-13(2)12-19/h13-16H,5-12H2,1-4H3,(H,20,21). The summed E-state index contributed by atoms with van der Waals surface area (Å²) in [6.45, 7) is 11.5. The van der Waals surface area contributed by atoms with E-state index in [1.54, 1.807) is 0 Å². The van der Waals surface area contributed by atoms with E-state index < -0.39 is 5.97 Å². The van der Waals surface area contributed by atoms with Gasteiger partial charge in [-0.1, -0.05) is 34.1 Å². The van der Waals surface area contributed by atoms with Gasteiger partial charge in [0.2, 0.25) is 0 Å². The van der Waals surface area contributed by atoms with Crippen molar-refractivity contribution in [2.24, 2.45) is 23.2 Å². The van der Waals surface area contributed by atoms with Gasteiger partial charge in [-0.25, -0.2) is 0 Å². The van der Waals surface area contributed by atoms with Gasteiger partial charge in [0.15, 0.2) is 0 Å². The number of nitrogens with zero attached hydrogens (tertiary/aromatic N) is 1. The summed E-state index contributed by atoms with van der Waals surface area (Å²) < 4.78 is 0. The molecule has 1 N–H and O–H groups in total. The minimum atomic E-state index is -0.578. The largest absolute Gasteiger partial charge is 0.481 e. The molecule has 2 rings (SSSR count). The van der Waals surface area contributed by atoms with Crippen LogP contribution in [0.25, 0.3) is 0 Å². The van der Waals surface area contributed by atoms with Crippen LogP contribution in [0, 0.1) is 23.2 Å². The first-order chi connectivity index (χ1) is 9.85. The second-order valence-corrected chi connectivity index (χ2v) is 8.11. The molecule has 4 atom stereocenters. The lowest BCUT2D eigenvalue weighted by Crippen LogP contribution is -2.51. The van der Waals surface area contributed by atoms with E-state index in [2.05, 4.69) is 32.6 Å². The number of aliphatic carboxylic acids is 1. The zero-order chi connectivity index (χ0) is 15.6. The molecule has 0 aromatic rings. The van der Waals surface area contributed by atoms with Gasteiger partial charge in [0.05, 0.1) is 5.92 Å². The Kier molecular flexibility index (Phi) is 5.34. The molecular formula is C18H33NO2. The Morgan fingerprint density at radius 2 is 2.00 bits per heavy atom. The normalized spacial score (nSPS) is 35.6. The predicted octanol–water partition coefficient (Wildman–Crippen LogP) is 4.02. The average molecular weight is 295 g/mol. The molecule has 1 saturated heterocycles. The fourth-order valence-corrected chi connectivity index (χ4v) is 4.36. The number of carboxylic acid groups (broad SMARTS) is 1. The number of carbonyl (C=O) groups is 1. The fraction of sp³-hybridized carbons (Fsp3) is 0.944. The lowest BCUT2D eigenvalue weighted by atomic mass is 9.65. The molecule has 0 amide bonds. The molecule has 1 heterocycles. The van der Waals surface area contributed by atoms with Crippen LogP contribution >= 0.6 is 0 Å². The highest BCUT2D eigenvalue weighted by atomic mass is 16.4. The van der Waals surface area contributed by atoms with Crippen LogP contribution in [0.3, 0.4) is 0 Å². The van der Waals surface area contributed by atoms with Crippen LogP contribution in [0.4, 0.5) is 0 Å². The van der Waals surface area contributed by atoms with Gasteiger partial charge in [0.25, 0.3) is 0 Å². The van der Waals surface area contributed by atoms with Crippen molar-refractivity contribution < 1.29 is 9.90 Å². The van der Waals surface area contributed by atoms with Crippen molar-refractivity contribution in [1.29, 1.82) is 0 Å². The third-order valence-corrected chi connectivity index (χ3v) is 6.31. The summed E-state index contributed by atoms with van der Waals surface area (Å²) in [6.07, 6.45) is 6.72. The summed E-state index contributed by atoms with van der Waals surface area (Å²) in [7, 11) is 0. The molecule has 0 radical (unpaired) electrons. The molecule has 2 fully saturated rings. The lowest BCUT2D eigenvalue weighted by Gasteiger charge is -2.47. The molecule has 0 spiro atoms. The van der Waals surface area contributed by atoms with E-state index >= 15 is 0 Å². The predicted molar refractivity (Wildman–Crippen MR) is 86.3 cm³/mol. The van der Waals surface area contributed by atoms with Gasteiger partial charge >= 0.3 is 5.97 Å². The summed E-state index contributed by atoms with van der Waals surface area (Å²) in [5, 5.41) is 9.62. The van der Waals surface area contributed by atoms with E-state index in [1.807, 2.05) is 0 Å². The minimum Gasteiger partial charge on any atom is -0.481 e. The van der Waals surface area contributed by atoms with Crippen LogP contribution in [0.5, 0.6) is 0 Å². The summed E-state index contributed by atoms with van der Waals surface area (Å²) >= 11 is 0. The fourth-order valence-electron chi connectivity index (χ4n) is 4.36. The molecular weight excluding hydrogens is 262 g/mol. The maximum absolute atomic E-state index is 11.7. The van der Waals surface area contributed by atoms with Gasteiger partial charge < -0.3 is 5.11 Å².